The molecule has 2 atom stereocenters. The first-order chi connectivity index (χ1) is 10.2. The van der Waals surface area contributed by atoms with Crippen LogP contribution in [0.3, 0.4) is 0 Å². The number of hydrogen-bond donors (Lipinski definition) is 2. The van der Waals surface area contributed by atoms with E-state index in [1.165, 1.54) is 57.2 Å². The molecule has 1 saturated heterocycles. The third kappa shape index (κ3) is 5.72. The normalized spacial score (nSPS) is 28.5. The summed E-state index contributed by atoms with van der Waals surface area (Å²) in [5.74, 6) is 1.25. The summed E-state index contributed by atoms with van der Waals surface area (Å²) in [6.45, 7) is 9.40. The van der Waals surface area contributed by atoms with Crippen LogP contribution in [0.5, 0.6) is 0 Å². The lowest BCUT2D eigenvalue weighted by atomic mass is 9.79. The van der Waals surface area contributed by atoms with E-state index in [0.717, 1.165) is 13.1 Å². The quantitative estimate of drug-likeness (QED) is 0.740. The van der Waals surface area contributed by atoms with Crippen LogP contribution in [-0.4, -0.2) is 48.8 Å². The summed E-state index contributed by atoms with van der Waals surface area (Å²) in [7, 11) is 0. The molecule has 2 rings (SSSR count). The van der Waals surface area contributed by atoms with Crippen molar-refractivity contribution < 1.29 is 5.11 Å². The Morgan fingerprint density at radius 1 is 1.10 bits per heavy atom. The molecule has 21 heavy (non-hydrogen) atoms. The molecule has 1 aliphatic heterocycles. The van der Waals surface area contributed by atoms with Crippen molar-refractivity contribution in [3.8, 4) is 0 Å². The van der Waals surface area contributed by atoms with E-state index in [1.807, 2.05) is 0 Å². The summed E-state index contributed by atoms with van der Waals surface area (Å²) in [5, 5.41) is 13.3. The van der Waals surface area contributed by atoms with Crippen molar-refractivity contribution in [2.45, 2.75) is 58.4 Å². The summed E-state index contributed by atoms with van der Waals surface area (Å²) < 4.78 is 0. The number of rotatable bonds is 6. The van der Waals surface area contributed by atoms with Crippen LogP contribution >= 0.6 is 0 Å². The first kappa shape index (κ1) is 17.0. The standard InChI is InChI=1S/C18H34N2O/c1-15(2)7-10-20-11-8-18(9-12-20)19-13-16-5-3-4-6-17(16)14-21/h7,16-19,21H,3-6,8-14H2,1-2H3. The molecule has 0 aromatic carbocycles. The summed E-state index contributed by atoms with van der Waals surface area (Å²) in [4.78, 5) is 2.56. The number of nitrogens with zero attached hydrogens (tertiary/aromatic N) is 1. The average Bonchev–Trinajstić information content (AvgIpc) is 2.52. The predicted octanol–water partition coefficient (Wildman–Crippen LogP) is 2.81. The third-order valence-electron chi connectivity index (χ3n) is 5.32. The molecule has 2 N–H and O–H groups in total. The van der Waals surface area contributed by atoms with Crippen LogP contribution in [0.2, 0.25) is 0 Å². The largest absolute Gasteiger partial charge is 0.396 e. The van der Waals surface area contributed by atoms with Crippen molar-refractivity contribution in [3.05, 3.63) is 11.6 Å². The fourth-order valence-electron chi connectivity index (χ4n) is 3.74. The Kier molecular flexibility index (Phi) is 7.21. The lowest BCUT2D eigenvalue weighted by molar-refractivity contribution is 0.126. The maximum Gasteiger partial charge on any atom is 0.0462 e. The highest BCUT2D eigenvalue weighted by molar-refractivity contribution is 4.95. The molecule has 0 amide bonds. The number of hydrogen-bond acceptors (Lipinski definition) is 3. The lowest BCUT2D eigenvalue weighted by Crippen LogP contribution is -2.45. The van der Waals surface area contributed by atoms with Crippen LogP contribution < -0.4 is 5.32 Å². The van der Waals surface area contributed by atoms with Crippen molar-refractivity contribution >= 4 is 0 Å². The van der Waals surface area contributed by atoms with E-state index in [2.05, 4.69) is 30.1 Å². The van der Waals surface area contributed by atoms with Gasteiger partial charge in [0, 0.05) is 19.2 Å². The number of nitrogens with one attached hydrogen (secondary N) is 1. The molecule has 0 aromatic rings. The van der Waals surface area contributed by atoms with Crippen LogP contribution in [0.15, 0.2) is 11.6 Å². The van der Waals surface area contributed by atoms with Gasteiger partial charge in [0.25, 0.3) is 0 Å². The van der Waals surface area contributed by atoms with Gasteiger partial charge in [0.1, 0.15) is 0 Å². The van der Waals surface area contributed by atoms with Gasteiger partial charge in [-0.05, 0) is 71.0 Å². The van der Waals surface area contributed by atoms with E-state index in [0.29, 0.717) is 24.5 Å². The maximum atomic E-state index is 9.50. The monoisotopic (exact) mass is 294 g/mol. The molecule has 122 valence electrons. The summed E-state index contributed by atoms with van der Waals surface area (Å²) in [5.41, 5.74) is 1.42. The second-order valence-corrected chi connectivity index (χ2v) is 7.25. The highest BCUT2D eigenvalue weighted by Gasteiger charge is 2.25. The predicted molar refractivity (Wildman–Crippen MR) is 89.4 cm³/mol. The molecular weight excluding hydrogens is 260 g/mol. The molecule has 2 aliphatic rings. The van der Waals surface area contributed by atoms with Crippen molar-refractivity contribution in [3.63, 3.8) is 0 Å². The van der Waals surface area contributed by atoms with E-state index >= 15 is 0 Å². The Hall–Kier alpha value is -0.380. The topological polar surface area (TPSA) is 35.5 Å². The molecule has 3 nitrogen and oxygen atoms in total. The summed E-state index contributed by atoms with van der Waals surface area (Å²) in [6, 6.07) is 0.689. The van der Waals surface area contributed by atoms with Gasteiger partial charge in [-0.15, -0.1) is 0 Å². The molecule has 0 bridgehead atoms. The van der Waals surface area contributed by atoms with E-state index in [1.54, 1.807) is 0 Å². The van der Waals surface area contributed by atoms with Crippen LogP contribution in [-0.2, 0) is 0 Å². The second-order valence-electron chi connectivity index (χ2n) is 7.25. The Morgan fingerprint density at radius 3 is 2.38 bits per heavy atom. The number of likely N-dealkylation sites (tertiary alicyclic amines) is 1. The van der Waals surface area contributed by atoms with Gasteiger partial charge in [-0.2, -0.15) is 0 Å². The zero-order chi connectivity index (χ0) is 15.1. The zero-order valence-electron chi connectivity index (χ0n) is 14.0. The van der Waals surface area contributed by atoms with Crippen molar-refractivity contribution in [2.24, 2.45) is 11.8 Å². The van der Waals surface area contributed by atoms with Crippen LogP contribution in [0.4, 0.5) is 0 Å². The minimum atomic E-state index is 0.382. The van der Waals surface area contributed by atoms with E-state index in [-0.39, 0.29) is 0 Å². The van der Waals surface area contributed by atoms with Crippen molar-refractivity contribution in [2.75, 3.05) is 32.8 Å². The van der Waals surface area contributed by atoms with Crippen LogP contribution in [0, 0.1) is 11.8 Å². The first-order valence-electron chi connectivity index (χ1n) is 8.89. The Balaban J connectivity index is 1.65. The molecule has 1 aliphatic carbocycles. The first-order valence-corrected chi connectivity index (χ1v) is 8.89. The molecule has 1 saturated carbocycles. The maximum absolute atomic E-state index is 9.50. The van der Waals surface area contributed by atoms with Gasteiger partial charge in [0.15, 0.2) is 0 Å². The third-order valence-corrected chi connectivity index (χ3v) is 5.32. The number of allylic oxidation sites excluding steroid dienone is 1. The number of aliphatic hydroxyl groups is 1. The Bertz CT molecular complexity index is 317. The molecule has 1 heterocycles. The molecular formula is C18H34N2O. The average molecular weight is 294 g/mol. The second kappa shape index (κ2) is 8.92. The molecule has 3 heteroatoms. The van der Waals surface area contributed by atoms with Crippen molar-refractivity contribution in [1.82, 2.24) is 10.2 Å². The van der Waals surface area contributed by atoms with Gasteiger partial charge in [-0.25, -0.2) is 0 Å². The van der Waals surface area contributed by atoms with Crippen molar-refractivity contribution in [1.29, 1.82) is 0 Å². The lowest BCUT2D eigenvalue weighted by Gasteiger charge is -2.35. The van der Waals surface area contributed by atoms with Gasteiger partial charge >= 0.3 is 0 Å². The fourth-order valence-corrected chi connectivity index (χ4v) is 3.74. The molecule has 0 radical (unpaired) electrons. The molecule has 0 spiro atoms. The molecule has 2 fully saturated rings. The van der Waals surface area contributed by atoms with E-state index < -0.39 is 0 Å². The SMILES string of the molecule is CC(C)=CCN1CCC(NCC2CCCCC2CO)CC1. The number of aliphatic hydroxyl groups excluding tert-OH is 1. The highest BCUT2D eigenvalue weighted by Crippen LogP contribution is 2.29. The van der Waals surface area contributed by atoms with Crippen LogP contribution in [0.1, 0.15) is 52.4 Å². The minimum Gasteiger partial charge on any atom is -0.396 e. The van der Waals surface area contributed by atoms with E-state index in [4.69, 9.17) is 0 Å². The van der Waals surface area contributed by atoms with Gasteiger partial charge in [-0.3, -0.25) is 4.90 Å². The summed E-state index contributed by atoms with van der Waals surface area (Å²) in [6.07, 6.45) is 10.1. The van der Waals surface area contributed by atoms with Gasteiger partial charge in [0.05, 0.1) is 0 Å². The van der Waals surface area contributed by atoms with E-state index in [9.17, 15) is 5.11 Å². The van der Waals surface area contributed by atoms with Gasteiger partial charge < -0.3 is 10.4 Å². The molecule has 2 unspecified atom stereocenters. The highest BCUT2D eigenvalue weighted by atomic mass is 16.3. The Labute approximate surface area is 130 Å². The molecule has 0 aromatic heterocycles. The van der Waals surface area contributed by atoms with Gasteiger partial charge in [-0.1, -0.05) is 24.5 Å². The zero-order valence-corrected chi connectivity index (χ0v) is 14.0. The summed E-state index contributed by atoms with van der Waals surface area (Å²) >= 11 is 0. The smallest absolute Gasteiger partial charge is 0.0462 e. The number of piperidine rings is 1. The van der Waals surface area contributed by atoms with Crippen LogP contribution in [0.25, 0.3) is 0 Å². The fraction of sp³-hybridized carbons (Fsp3) is 0.889. The Morgan fingerprint density at radius 2 is 1.76 bits per heavy atom. The van der Waals surface area contributed by atoms with Gasteiger partial charge in [0.2, 0.25) is 0 Å². The minimum absolute atomic E-state index is 0.382.